The van der Waals surface area contributed by atoms with Crippen LogP contribution >= 0.6 is 48.4 Å². The molecule has 100 valence electrons. The van der Waals surface area contributed by atoms with Gasteiger partial charge in [0, 0.05) is 0 Å². The molecule has 0 fully saturated rings. The highest BCUT2D eigenvalue weighted by Crippen LogP contribution is 2.06. The fourth-order valence-electron chi connectivity index (χ4n) is 1.31. The van der Waals surface area contributed by atoms with Crippen molar-refractivity contribution in [2.75, 3.05) is 5.75 Å². The third-order valence-electron chi connectivity index (χ3n) is 2.21. The van der Waals surface area contributed by atoms with Gasteiger partial charge in [-0.2, -0.15) is 12.6 Å². The Morgan fingerprint density at radius 3 is 1.76 bits per heavy atom. The van der Waals surface area contributed by atoms with Crippen LogP contribution in [-0.4, -0.2) is 16.0 Å². The summed E-state index contributed by atoms with van der Waals surface area (Å²) in [6.45, 7) is 2.26. The van der Waals surface area contributed by atoms with Gasteiger partial charge in [-0.15, -0.1) is 0 Å². The summed E-state index contributed by atoms with van der Waals surface area (Å²) < 4.78 is 1.40. The van der Waals surface area contributed by atoms with Crippen molar-refractivity contribution in [1.29, 1.82) is 0 Å². The summed E-state index contributed by atoms with van der Waals surface area (Å²) in [7, 11) is 0. The summed E-state index contributed by atoms with van der Waals surface area (Å²) in [4.78, 5) is 0. The second kappa shape index (κ2) is 12.8. The van der Waals surface area contributed by atoms with Gasteiger partial charge in [0.05, 0.1) is 0 Å². The van der Waals surface area contributed by atoms with E-state index in [1.165, 1.54) is 56.3 Å². The Morgan fingerprint density at radius 1 is 0.941 bits per heavy atom. The number of aromatic amines is 2. The smallest absolute Gasteiger partial charge is 0.175 e. The lowest BCUT2D eigenvalue weighted by atomic mass is 10.1. The highest BCUT2D eigenvalue weighted by molar-refractivity contribution is 7.80. The van der Waals surface area contributed by atoms with Crippen LogP contribution in [0.1, 0.15) is 51.9 Å². The number of H-pyrrole nitrogens is 2. The molecule has 0 aliphatic rings. The van der Waals surface area contributed by atoms with E-state index in [-0.39, 0.29) is 0 Å². The molecule has 1 rings (SSSR count). The summed E-state index contributed by atoms with van der Waals surface area (Å²) in [5, 5.41) is 5.34. The van der Waals surface area contributed by atoms with Crippen molar-refractivity contribution >= 4 is 48.4 Å². The van der Waals surface area contributed by atoms with Crippen LogP contribution in [0.2, 0.25) is 0 Å². The molecule has 6 heteroatoms. The van der Waals surface area contributed by atoms with Gasteiger partial charge in [-0.25, -0.2) is 0 Å². The largest absolute Gasteiger partial charge is 0.281 e. The SMILES string of the molecule is CCCCCCCCCS.S=c1[nH][nH]c(=S)s1. The molecule has 1 aromatic heterocycles. The number of hydrogen-bond donors (Lipinski definition) is 3. The quantitative estimate of drug-likeness (QED) is 0.351. The summed E-state index contributed by atoms with van der Waals surface area (Å²) in [5.41, 5.74) is 0. The number of unbranched alkanes of at least 4 members (excludes halogenated alkanes) is 6. The topological polar surface area (TPSA) is 31.6 Å². The van der Waals surface area contributed by atoms with Gasteiger partial charge < -0.3 is 0 Å². The van der Waals surface area contributed by atoms with Crippen LogP contribution in [0.3, 0.4) is 0 Å². The fraction of sp³-hybridized carbons (Fsp3) is 0.818. The van der Waals surface area contributed by atoms with E-state index in [4.69, 9.17) is 24.4 Å². The minimum absolute atomic E-state index is 0.699. The van der Waals surface area contributed by atoms with Crippen molar-refractivity contribution in [1.82, 2.24) is 10.2 Å². The van der Waals surface area contributed by atoms with E-state index >= 15 is 0 Å². The molecule has 17 heavy (non-hydrogen) atoms. The van der Waals surface area contributed by atoms with Gasteiger partial charge in [0.15, 0.2) is 7.91 Å². The number of thiol groups is 1. The highest BCUT2D eigenvalue weighted by Gasteiger charge is 1.87. The monoisotopic (exact) mass is 310 g/mol. The second-order valence-electron chi connectivity index (χ2n) is 3.77. The zero-order valence-corrected chi connectivity index (χ0v) is 13.7. The molecule has 1 aromatic rings. The lowest BCUT2D eigenvalue weighted by Gasteiger charge is -1.97. The first kappa shape index (κ1) is 17.4. The van der Waals surface area contributed by atoms with Crippen molar-refractivity contribution in [3.05, 3.63) is 7.91 Å². The van der Waals surface area contributed by atoms with Gasteiger partial charge in [-0.1, -0.05) is 56.8 Å². The van der Waals surface area contributed by atoms with Crippen molar-refractivity contribution < 1.29 is 0 Å². The van der Waals surface area contributed by atoms with E-state index in [2.05, 4.69) is 29.7 Å². The molecule has 0 aliphatic carbocycles. The van der Waals surface area contributed by atoms with Gasteiger partial charge in [0.1, 0.15) is 0 Å². The van der Waals surface area contributed by atoms with Crippen molar-refractivity contribution in [2.24, 2.45) is 0 Å². The maximum absolute atomic E-state index is 4.70. The Balaban J connectivity index is 0.000000318. The molecule has 2 N–H and O–H groups in total. The van der Waals surface area contributed by atoms with E-state index < -0.39 is 0 Å². The first-order chi connectivity index (χ1) is 8.20. The van der Waals surface area contributed by atoms with E-state index in [0.717, 1.165) is 5.75 Å². The van der Waals surface area contributed by atoms with Gasteiger partial charge in [0.2, 0.25) is 0 Å². The number of hydrogen-bond acceptors (Lipinski definition) is 4. The van der Waals surface area contributed by atoms with Crippen molar-refractivity contribution in [2.45, 2.75) is 51.9 Å². The van der Waals surface area contributed by atoms with Gasteiger partial charge in [-0.3, -0.25) is 10.2 Å². The van der Waals surface area contributed by atoms with Gasteiger partial charge in [-0.05, 0) is 36.6 Å². The summed E-state index contributed by atoms with van der Waals surface area (Å²) in [5.74, 6) is 1.06. The van der Waals surface area contributed by atoms with Crippen LogP contribution in [0.25, 0.3) is 0 Å². The van der Waals surface area contributed by atoms with Crippen LogP contribution in [0, 0.1) is 7.91 Å². The molecule has 0 spiro atoms. The molecular formula is C11H22N2S4. The second-order valence-corrected chi connectivity index (χ2v) is 6.57. The normalized spacial score (nSPS) is 9.76. The molecule has 0 amide bonds. The number of aromatic nitrogens is 2. The van der Waals surface area contributed by atoms with Crippen LogP contribution in [0.15, 0.2) is 0 Å². The first-order valence-electron chi connectivity index (χ1n) is 6.09. The van der Waals surface area contributed by atoms with Crippen molar-refractivity contribution in [3.63, 3.8) is 0 Å². The van der Waals surface area contributed by atoms with Crippen molar-refractivity contribution in [3.8, 4) is 0 Å². The minimum atomic E-state index is 0.699. The highest BCUT2D eigenvalue weighted by atomic mass is 32.2. The maximum atomic E-state index is 4.70. The van der Waals surface area contributed by atoms with Crippen LogP contribution in [0.5, 0.6) is 0 Å². The third-order valence-corrected chi connectivity index (χ3v) is 3.81. The number of rotatable bonds is 7. The lowest BCUT2D eigenvalue weighted by Crippen LogP contribution is -1.79. The zero-order valence-electron chi connectivity index (χ0n) is 10.3. The van der Waals surface area contributed by atoms with Gasteiger partial charge in [0.25, 0.3) is 0 Å². The average molecular weight is 311 g/mol. The fourth-order valence-corrected chi connectivity index (χ4v) is 2.66. The van der Waals surface area contributed by atoms with E-state index in [9.17, 15) is 0 Å². The van der Waals surface area contributed by atoms with Gasteiger partial charge >= 0.3 is 0 Å². The molecule has 0 saturated heterocycles. The minimum Gasteiger partial charge on any atom is -0.281 e. The molecule has 0 bridgehead atoms. The average Bonchev–Trinajstić information content (AvgIpc) is 2.68. The Kier molecular flexibility index (Phi) is 13.1. The summed E-state index contributed by atoms with van der Waals surface area (Å²) in [6, 6.07) is 0. The molecule has 0 unspecified atom stereocenters. The molecular weight excluding hydrogens is 288 g/mol. The predicted molar refractivity (Wildman–Crippen MR) is 86.5 cm³/mol. The van der Waals surface area contributed by atoms with E-state index in [1.54, 1.807) is 0 Å². The zero-order chi connectivity index (χ0) is 12.9. The maximum Gasteiger partial charge on any atom is 0.175 e. The number of nitrogens with one attached hydrogen (secondary N) is 2. The molecule has 0 saturated carbocycles. The van der Waals surface area contributed by atoms with E-state index in [0.29, 0.717) is 7.91 Å². The standard InChI is InChI=1S/C9H20S.C2H2N2S3/c1-2-3-4-5-6-7-8-9-10;5-1-3-4-2(6)7-1/h10H,2-9H2,1H3;(H,3,5)(H,4,6). The van der Waals surface area contributed by atoms with Crippen LogP contribution in [-0.2, 0) is 0 Å². The predicted octanol–water partition coefficient (Wildman–Crippen LogP) is 5.53. The molecule has 0 aliphatic heterocycles. The molecule has 0 radical (unpaired) electrons. The Hall–Kier alpha value is 0.350. The lowest BCUT2D eigenvalue weighted by molar-refractivity contribution is 0.604. The molecule has 0 aromatic carbocycles. The Bertz CT molecular complexity index is 320. The Labute approximate surface area is 124 Å². The molecule has 0 atom stereocenters. The van der Waals surface area contributed by atoms with E-state index in [1.807, 2.05) is 0 Å². The first-order valence-corrected chi connectivity index (χ1v) is 8.36. The third kappa shape index (κ3) is 12.6. The summed E-state index contributed by atoms with van der Waals surface area (Å²) in [6.07, 6.45) is 9.74. The summed E-state index contributed by atoms with van der Waals surface area (Å²) >= 11 is 14.9. The Morgan fingerprint density at radius 2 is 1.41 bits per heavy atom. The van der Waals surface area contributed by atoms with Crippen LogP contribution in [0.4, 0.5) is 0 Å². The van der Waals surface area contributed by atoms with Crippen LogP contribution < -0.4 is 0 Å². The molecule has 2 nitrogen and oxygen atoms in total. The molecule has 1 heterocycles.